The highest BCUT2D eigenvalue weighted by molar-refractivity contribution is 6.84. The number of nitrogens with two attached hydrogens (primary N) is 5. The van der Waals surface area contributed by atoms with E-state index in [1.165, 1.54) is 18.2 Å². The minimum absolute atomic E-state index is 0.319. The predicted octanol–water partition coefficient (Wildman–Crippen LogP) is 16.8. The molecule has 4 aromatic carbocycles. The quantitative estimate of drug-likeness (QED) is 0.0158. The van der Waals surface area contributed by atoms with E-state index >= 15 is 0 Å². The Morgan fingerprint density at radius 1 is 0.454 bits per heavy atom. The number of anilines is 5. The van der Waals surface area contributed by atoms with Crippen molar-refractivity contribution in [3.05, 3.63) is 288 Å². The van der Waals surface area contributed by atoms with Crippen LogP contribution in [0.25, 0.3) is 55.2 Å². The van der Waals surface area contributed by atoms with Gasteiger partial charge in [0.15, 0.2) is 0 Å². The molecule has 598 valence electrons. The second kappa shape index (κ2) is 47.8. The molecule has 31 heteroatoms. The third-order valence-corrected chi connectivity index (χ3v) is 18.2. The monoisotopic (exact) mass is 1680 g/mol. The van der Waals surface area contributed by atoms with Crippen molar-refractivity contribution in [1.29, 1.82) is 21.0 Å². The number of pyridine rings is 7. The fourth-order valence-corrected chi connectivity index (χ4v) is 11.2. The van der Waals surface area contributed by atoms with E-state index in [-0.39, 0.29) is 0 Å². The first-order chi connectivity index (χ1) is 56.4. The molecule has 0 bridgehead atoms. The first kappa shape index (κ1) is 95.7. The molecule has 0 fully saturated rings. The summed E-state index contributed by atoms with van der Waals surface area (Å²) < 4.78 is 1.73. The van der Waals surface area contributed by atoms with Crippen molar-refractivity contribution in [2.24, 2.45) is 5.11 Å². The zero-order chi connectivity index (χ0) is 87.8. The SMILES string of the molecule is C#C[Si](C)(C)C.C#Cc1cc(-c2cccc(C#N)c2)cc(N)n1.CCc1cccc(CN=[N+]=[N-])n1.CCc1cccc(Cn2cc(-c3cc(-c4cccc(C#N)c4)cc(N)n3)nn2)n1.C[Si](C)(C)C#Cc1cc(-c2cccc(C#N)c2)cc(N)n1.C[Si](C)(C)C#Cc1cc(Cl)cc(N)n1.N#Cc1cccc(B(O)O)c1.Nc1cc(Cl)cc(Cl)n1. The fraction of sp³-hybridized carbons (Fsp3) is 0.170. The molecule has 0 atom stereocenters. The van der Waals surface area contributed by atoms with Crippen molar-refractivity contribution in [1.82, 2.24) is 49.9 Å². The van der Waals surface area contributed by atoms with E-state index in [4.69, 9.17) is 113 Å². The highest BCUT2D eigenvalue weighted by atomic mass is 35.5. The highest BCUT2D eigenvalue weighted by Crippen LogP contribution is 2.28. The highest BCUT2D eigenvalue weighted by Gasteiger charge is 2.15. The lowest BCUT2D eigenvalue weighted by Gasteiger charge is -2.06. The standard InChI is InChI=1S/C22H19N7.C17H17N3Si.C14H9N3.C10H13ClN2Si.C8H10N4.C7H6BNO2.C5H4Cl2N2.C5H10Si/c1-2-18-7-4-8-19(25-18)13-29-14-21(27-28-29)20-10-17(11-22(24)26-20)16-6-3-5-15(9-16)12-23;1-21(2,3)8-7-16-10-15(11-17(19)20-16)14-6-4-5-13(9-14)12-18;1-2-13-7-12(8-14(16)17-13)11-5-3-4-10(6-11)9-15;1-14(2,3)5-4-9-6-8(11)7-10(12)13-9;1-2-7-4-3-5-8(11-7)6-10-12-9;9-5-6-2-1-3-7(4-6)8(10)11;6-3-1-4(7)9-5(8)2-3;1-5-6(2,3)4/h3-11,14H,2,13H2,1H3,(H2,24,26);4-6,9-11H,1-3H3,(H2,19,20);1,3-8H,(H2,16,17);6-7H,1-3H3,(H2,12,13);3-5H,2,6H2,1H3;1-4,10-11H;1-2H,(H2,8,9);1H,2-4H3. The molecular formula is C88H88BCl3N22O2Si3. The van der Waals surface area contributed by atoms with Gasteiger partial charge in [-0.3, -0.25) is 9.97 Å². The number of hydrogen-bond acceptors (Lipinski definition) is 21. The fourth-order valence-electron chi connectivity index (χ4n) is 9.46. The molecule has 0 aliphatic heterocycles. The number of azide groups is 1. The van der Waals surface area contributed by atoms with Crippen LogP contribution in [0.15, 0.2) is 205 Å². The zero-order valence-corrected chi connectivity index (χ0v) is 72.9. The maximum atomic E-state index is 9.14. The van der Waals surface area contributed by atoms with Crippen molar-refractivity contribution in [3.63, 3.8) is 0 Å². The zero-order valence-electron chi connectivity index (χ0n) is 67.6. The van der Waals surface area contributed by atoms with Crippen LogP contribution in [0.5, 0.6) is 0 Å². The molecule has 0 radical (unpaired) electrons. The maximum absolute atomic E-state index is 9.14. The molecule has 0 amide bonds. The second-order valence-corrected chi connectivity index (χ2v) is 44.0. The van der Waals surface area contributed by atoms with Crippen LogP contribution in [0.4, 0.5) is 29.1 Å². The van der Waals surface area contributed by atoms with Crippen LogP contribution in [-0.4, -0.2) is 91.3 Å². The van der Waals surface area contributed by atoms with Crippen LogP contribution < -0.4 is 34.1 Å². The van der Waals surface area contributed by atoms with Gasteiger partial charge in [0, 0.05) is 32.0 Å². The lowest BCUT2D eigenvalue weighted by molar-refractivity contribution is 0.425. The Labute approximate surface area is 713 Å². The summed E-state index contributed by atoms with van der Waals surface area (Å²) in [5.41, 5.74) is 60.6. The molecule has 12 rings (SSSR count). The topological polar surface area (TPSA) is 435 Å². The molecule has 12 aromatic rings. The van der Waals surface area contributed by atoms with Gasteiger partial charge in [-0.15, -0.1) is 34.6 Å². The molecular weight excluding hydrogens is 1600 g/mol. The number of nitriles is 4. The van der Waals surface area contributed by atoms with Crippen molar-refractivity contribution in [2.45, 2.75) is 98.7 Å². The molecule has 8 aromatic heterocycles. The molecule has 0 unspecified atom stereocenters. The van der Waals surface area contributed by atoms with Crippen LogP contribution in [0.3, 0.4) is 0 Å². The summed E-state index contributed by atoms with van der Waals surface area (Å²) in [6.45, 7) is 24.5. The van der Waals surface area contributed by atoms with Gasteiger partial charge in [0.2, 0.25) is 0 Å². The number of aromatic nitrogens is 10. The van der Waals surface area contributed by atoms with Gasteiger partial charge >= 0.3 is 7.12 Å². The van der Waals surface area contributed by atoms with Crippen molar-refractivity contribution >= 4 is 101 Å². The van der Waals surface area contributed by atoms with Gasteiger partial charge in [-0.1, -0.05) is 196 Å². The van der Waals surface area contributed by atoms with E-state index in [1.54, 1.807) is 83.5 Å². The number of aryl methyl sites for hydroxylation is 2. The van der Waals surface area contributed by atoms with Gasteiger partial charge < -0.3 is 38.7 Å². The van der Waals surface area contributed by atoms with Crippen LogP contribution in [0, 0.1) is 92.6 Å². The Balaban J connectivity index is 0.000000252. The average Bonchev–Trinajstić information content (AvgIpc) is 1.63. The van der Waals surface area contributed by atoms with E-state index in [0.29, 0.717) is 114 Å². The molecule has 0 aliphatic rings. The minimum Gasteiger partial charge on any atom is -0.423 e. The Morgan fingerprint density at radius 3 is 1.28 bits per heavy atom. The normalized spacial score (nSPS) is 9.97. The van der Waals surface area contributed by atoms with Crippen molar-refractivity contribution in [3.8, 4) is 116 Å². The summed E-state index contributed by atoms with van der Waals surface area (Å²) in [7, 11) is -5.41. The maximum Gasteiger partial charge on any atom is 0.488 e. The first-order valence-electron chi connectivity index (χ1n) is 36.5. The summed E-state index contributed by atoms with van der Waals surface area (Å²) in [5.74, 6) is 10.5. The van der Waals surface area contributed by atoms with Crippen LogP contribution in [-0.2, 0) is 25.9 Å². The van der Waals surface area contributed by atoms with Gasteiger partial charge in [0.1, 0.15) is 81.2 Å². The van der Waals surface area contributed by atoms with E-state index < -0.39 is 31.3 Å². The lowest BCUT2D eigenvalue weighted by Crippen LogP contribution is -2.29. The molecule has 24 nitrogen and oxygen atoms in total. The number of hydrogen-bond donors (Lipinski definition) is 7. The molecule has 0 saturated carbocycles. The molecule has 119 heavy (non-hydrogen) atoms. The number of rotatable bonds is 11. The second-order valence-electron chi connectivity index (χ2n) is 28.5. The summed E-state index contributed by atoms with van der Waals surface area (Å²) >= 11 is 16.8. The largest absolute Gasteiger partial charge is 0.488 e. The molecule has 8 heterocycles. The number of halogens is 3. The van der Waals surface area contributed by atoms with Crippen molar-refractivity contribution < 1.29 is 10.0 Å². The Bertz CT molecular complexity index is 5870. The van der Waals surface area contributed by atoms with Crippen molar-refractivity contribution in [2.75, 3.05) is 28.7 Å². The first-order valence-corrected chi connectivity index (χ1v) is 48.1. The van der Waals surface area contributed by atoms with Crippen LogP contribution in [0.1, 0.15) is 76.0 Å². The third kappa shape index (κ3) is 36.6. The smallest absolute Gasteiger partial charge is 0.423 e. The van der Waals surface area contributed by atoms with Gasteiger partial charge in [0.25, 0.3) is 0 Å². The molecule has 0 saturated heterocycles. The summed E-state index contributed by atoms with van der Waals surface area (Å²) in [6.07, 6.45) is 14.0. The summed E-state index contributed by atoms with van der Waals surface area (Å²) in [6, 6.07) is 65.5. The number of benzene rings is 4. The Hall–Kier alpha value is -13.9. The van der Waals surface area contributed by atoms with E-state index in [1.807, 2.05) is 116 Å². The number of nitrogens with zero attached hydrogens (tertiary/aromatic N) is 17. The minimum atomic E-state index is -1.50. The van der Waals surface area contributed by atoms with Gasteiger partial charge in [0.05, 0.1) is 77.2 Å². The third-order valence-electron chi connectivity index (χ3n) is 15.0. The number of nitrogen functional groups attached to an aromatic ring is 5. The molecule has 0 aliphatic carbocycles. The predicted molar refractivity (Wildman–Crippen MR) is 488 cm³/mol. The van der Waals surface area contributed by atoms with Crippen LogP contribution >= 0.6 is 34.8 Å². The van der Waals surface area contributed by atoms with Gasteiger partial charge in [-0.25, -0.2) is 29.6 Å². The number of terminal acetylenes is 2. The summed E-state index contributed by atoms with van der Waals surface area (Å²) in [4.78, 5) is 32.0. The van der Waals surface area contributed by atoms with Gasteiger partial charge in [-0.05, 0) is 191 Å². The van der Waals surface area contributed by atoms with E-state index in [0.717, 1.165) is 69.0 Å². The molecule has 0 spiro atoms. The van der Waals surface area contributed by atoms with E-state index in [9.17, 15) is 0 Å². The molecule has 12 N–H and O–H groups in total. The Kier molecular flexibility index (Phi) is 38.4. The lowest BCUT2D eigenvalue weighted by atomic mass is 9.80. The van der Waals surface area contributed by atoms with Crippen LogP contribution in [0.2, 0.25) is 74.1 Å². The van der Waals surface area contributed by atoms with Gasteiger partial charge in [-0.2, -0.15) is 21.0 Å². The average molecular weight is 1690 g/mol. The summed E-state index contributed by atoms with van der Waals surface area (Å²) in [5, 5.41) is 66.1. The van der Waals surface area contributed by atoms with E-state index in [2.05, 4.69) is 174 Å². The Morgan fingerprint density at radius 2 is 0.849 bits per heavy atom.